The molecule has 0 amide bonds. The predicted molar refractivity (Wildman–Crippen MR) is 83.4 cm³/mol. The van der Waals surface area contributed by atoms with Crippen LogP contribution in [0, 0.1) is 0 Å². The molecule has 1 aromatic rings. The van der Waals surface area contributed by atoms with Gasteiger partial charge in [0.25, 0.3) is 0 Å². The molecule has 6 nitrogen and oxygen atoms in total. The second-order valence-electron chi connectivity index (χ2n) is 4.63. The largest absolute Gasteiger partial charge is 0.462 e. The number of nitrogens with zero attached hydrogens (tertiary/aromatic N) is 1. The van der Waals surface area contributed by atoms with Crippen molar-refractivity contribution in [2.75, 3.05) is 24.4 Å². The lowest BCUT2D eigenvalue weighted by Gasteiger charge is -2.17. The number of carbonyl (C=O) groups excluding carboxylic acids is 1. The number of benzene rings is 1. The number of carbonyl (C=O) groups is 1. The second kappa shape index (κ2) is 6.76. The Morgan fingerprint density at radius 1 is 1.38 bits per heavy atom. The number of hydrogen-bond donors (Lipinski definition) is 1. The van der Waals surface area contributed by atoms with Gasteiger partial charge in [-0.05, 0) is 53.9 Å². The van der Waals surface area contributed by atoms with Gasteiger partial charge >= 0.3 is 16.2 Å². The summed E-state index contributed by atoms with van der Waals surface area (Å²) < 4.78 is 33.7. The Balaban J connectivity index is 2.16. The molecule has 1 fully saturated rings. The predicted octanol–water partition coefficient (Wildman–Crippen LogP) is 2.38. The zero-order valence-electron chi connectivity index (χ0n) is 11.6. The molecule has 1 aromatic carbocycles. The maximum absolute atomic E-state index is 12.2. The second-order valence-corrected chi connectivity index (χ2v) is 7.15. The summed E-state index contributed by atoms with van der Waals surface area (Å²) in [5.74, 6) is -0.438. The Kier molecular flexibility index (Phi) is 5.23. The van der Waals surface area contributed by atoms with Crippen LogP contribution in [0.3, 0.4) is 0 Å². The Bertz CT molecular complexity index is 627. The summed E-state index contributed by atoms with van der Waals surface area (Å²) in [6, 6.07) is 4.62. The van der Waals surface area contributed by atoms with Gasteiger partial charge in [0, 0.05) is 17.6 Å². The topological polar surface area (TPSA) is 75.7 Å². The maximum Gasteiger partial charge on any atom is 0.338 e. The minimum absolute atomic E-state index is 0.291. The smallest absolute Gasteiger partial charge is 0.338 e. The monoisotopic (exact) mass is 376 g/mol. The number of esters is 1. The van der Waals surface area contributed by atoms with Crippen LogP contribution in [0.2, 0.25) is 0 Å². The molecule has 1 N–H and O–H groups in total. The van der Waals surface area contributed by atoms with E-state index in [0.717, 1.165) is 12.8 Å². The van der Waals surface area contributed by atoms with Gasteiger partial charge in [0.1, 0.15) is 0 Å². The molecule has 0 radical (unpaired) electrons. The van der Waals surface area contributed by atoms with Crippen molar-refractivity contribution in [1.82, 2.24) is 4.31 Å². The van der Waals surface area contributed by atoms with Crippen LogP contribution in [0.5, 0.6) is 0 Å². The summed E-state index contributed by atoms with van der Waals surface area (Å²) in [6.45, 7) is 3.09. The van der Waals surface area contributed by atoms with Crippen LogP contribution < -0.4 is 4.72 Å². The minimum atomic E-state index is -3.54. The SMILES string of the molecule is CCOC(=O)c1ccc(NS(=O)(=O)N2CCCC2)c(Br)c1. The molecule has 8 heteroatoms. The molecule has 1 aliphatic rings. The van der Waals surface area contributed by atoms with E-state index in [1.165, 1.54) is 10.4 Å². The molecular formula is C13H17BrN2O4S. The first kappa shape index (κ1) is 16.3. The Morgan fingerprint density at radius 2 is 2.05 bits per heavy atom. The van der Waals surface area contributed by atoms with Crippen LogP contribution in [0.15, 0.2) is 22.7 Å². The average Bonchev–Trinajstić information content (AvgIpc) is 2.96. The summed E-state index contributed by atoms with van der Waals surface area (Å²) in [5, 5.41) is 0. The Morgan fingerprint density at radius 3 is 2.62 bits per heavy atom. The fraction of sp³-hybridized carbons (Fsp3) is 0.462. The fourth-order valence-corrected chi connectivity index (χ4v) is 4.00. The standard InChI is InChI=1S/C13H17BrN2O4S/c1-2-20-13(17)10-5-6-12(11(14)9-10)15-21(18,19)16-7-3-4-8-16/h5-6,9,15H,2-4,7-8H2,1H3. The molecule has 0 unspecified atom stereocenters. The summed E-state index contributed by atoms with van der Waals surface area (Å²) in [6.07, 6.45) is 1.76. The number of anilines is 1. The zero-order valence-corrected chi connectivity index (χ0v) is 14.0. The molecule has 116 valence electrons. The normalized spacial score (nSPS) is 15.9. The summed E-state index contributed by atoms with van der Waals surface area (Å²) >= 11 is 3.27. The van der Waals surface area contributed by atoms with Gasteiger partial charge < -0.3 is 4.74 Å². The molecule has 0 aromatic heterocycles. The first-order chi connectivity index (χ1) is 9.94. The Labute approximate surface area is 132 Å². The van der Waals surface area contributed by atoms with E-state index in [2.05, 4.69) is 20.7 Å². The quantitative estimate of drug-likeness (QED) is 0.800. The van der Waals surface area contributed by atoms with Crippen LogP contribution >= 0.6 is 15.9 Å². The number of hydrogen-bond acceptors (Lipinski definition) is 4. The lowest BCUT2D eigenvalue weighted by molar-refractivity contribution is 0.0526. The van der Waals surface area contributed by atoms with Crippen molar-refractivity contribution < 1.29 is 17.9 Å². The van der Waals surface area contributed by atoms with Crippen LogP contribution in [-0.2, 0) is 14.9 Å². The third-order valence-electron chi connectivity index (χ3n) is 3.12. The van der Waals surface area contributed by atoms with Crippen LogP contribution in [0.4, 0.5) is 5.69 Å². The number of rotatable bonds is 5. The third kappa shape index (κ3) is 3.96. The Hall–Kier alpha value is -1.12. The van der Waals surface area contributed by atoms with E-state index in [0.29, 0.717) is 35.4 Å². The highest BCUT2D eigenvalue weighted by Crippen LogP contribution is 2.26. The summed E-state index contributed by atoms with van der Waals surface area (Å²) in [7, 11) is -3.54. The molecule has 1 heterocycles. The molecule has 1 aliphatic heterocycles. The summed E-state index contributed by atoms with van der Waals surface area (Å²) in [4.78, 5) is 11.6. The van der Waals surface area contributed by atoms with Crippen molar-refractivity contribution in [3.63, 3.8) is 0 Å². The van der Waals surface area contributed by atoms with E-state index in [-0.39, 0.29) is 0 Å². The minimum Gasteiger partial charge on any atom is -0.462 e. The molecular weight excluding hydrogens is 360 g/mol. The highest BCUT2D eigenvalue weighted by molar-refractivity contribution is 9.10. The van der Waals surface area contributed by atoms with E-state index in [1.54, 1.807) is 19.1 Å². The molecule has 0 bridgehead atoms. The fourth-order valence-electron chi connectivity index (χ4n) is 2.07. The van der Waals surface area contributed by atoms with Crippen molar-refractivity contribution >= 4 is 37.8 Å². The van der Waals surface area contributed by atoms with Gasteiger partial charge in [-0.25, -0.2) is 4.79 Å². The van der Waals surface area contributed by atoms with Crippen molar-refractivity contribution in [3.05, 3.63) is 28.2 Å². The van der Waals surface area contributed by atoms with Crippen molar-refractivity contribution in [3.8, 4) is 0 Å². The zero-order chi connectivity index (χ0) is 15.5. The number of halogens is 1. The van der Waals surface area contributed by atoms with Gasteiger partial charge in [0.05, 0.1) is 17.9 Å². The van der Waals surface area contributed by atoms with Gasteiger partial charge in [0.15, 0.2) is 0 Å². The highest BCUT2D eigenvalue weighted by atomic mass is 79.9. The van der Waals surface area contributed by atoms with Gasteiger partial charge in [0.2, 0.25) is 0 Å². The molecule has 0 spiro atoms. The van der Waals surface area contributed by atoms with E-state index in [4.69, 9.17) is 4.74 Å². The van der Waals surface area contributed by atoms with E-state index in [9.17, 15) is 13.2 Å². The van der Waals surface area contributed by atoms with Crippen LogP contribution in [0.1, 0.15) is 30.1 Å². The van der Waals surface area contributed by atoms with Gasteiger partial charge in [-0.2, -0.15) is 12.7 Å². The molecule has 0 saturated carbocycles. The van der Waals surface area contributed by atoms with Crippen LogP contribution in [-0.4, -0.2) is 38.4 Å². The molecule has 21 heavy (non-hydrogen) atoms. The van der Waals surface area contributed by atoms with Crippen molar-refractivity contribution in [2.24, 2.45) is 0 Å². The van der Waals surface area contributed by atoms with E-state index < -0.39 is 16.2 Å². The maximum atomic E-state index is 12.2. The first-order valence-corrected chi connectivity index (χ1v) is 8.92. The van der Waals surface area contributed by atoms with E-state index in [1.807, 2.05) is 0 Å². The average molecular weight is 377 g/mol. The molecule has 0 atom stereocenters. The molecule has 2 rings (SSSR count). The molecule has 1 saturated heterocycles. The lowest BCUT2D eigenvalue weighted by atomic mass is 10.2. The number of ether oxygens (including phenoxy) is 1. The van der Waals surface area contributed by atoms with Gasteiger partial charge in [-0.1, -0.05) is 0 Å². The van der Waals surface area contributed by atoms with Gasteiger partial charge in [-0.15, -0.1) is 0 Å². The van der Waals surface area contributed by atoms with Crippen LogP contribution in [0.25, 0.3) is 0 Å². The summed E-state index contributed by atoms with van der Waals surface area (Å²) in [5.41, 5.74) is 0.766. The highest BCUT2D eigenvalue weighted by Gasteiger charge is 2.25. The van der Waals surface area contributed by atoms with Crippen molar-refractivity contribution in [1.29, 1.82) is 0 Å². The van der Waals surface area contributed by atoms with Gasteiger partial charge in [-0.3, -0.25) is 4.72 Å². The lowest BCUT2D eigenvalue weighted by Crippen LogP contribution is -2.33. The molecule has 0 aliphatic carbocycles. The first-order valence-electron chi connectivity index (χ1n) is 6.68. The third-order valence-corrected chi connectivity index (χ3v) is 5.30. The number of nitrogens with one attached hydrogen (secondary N) is 1. The van der Waals surface area contributed by atoms with E-state index >= 15 is 0 Å². The van der Waals surface area contributed by atoms with Crippen molar-refractivity contribution in [2.45, 2.75) is 19.8 Å².